The molecule has 1 amide bonds. The number of halogens is 1. The van der Waals surface area contributed by atoms with Gasteiger partial charge >= 0.3 is 0 Å². The van der Waals surface area contributed by atoms with Crippen LogP contribution in [0.15, 0.2) is 30.5 Å². The Morgan fingerprint density at radius 3 is 2.88 bits per heavy atom. The number of carbonyl (C=O) groups is 1. The van der Waals surface area contributed by atoms with E-state index in [1.807, 2.05) is 19.1 Å². The minimum atomic E-state index is -3.03. The van der Waals surface area contributed by atoms with Gasteiger partial charge in [0.05, 0.1) is 34.6 Å². The predicted octanol–water partition coefficient (Wildman–Crippen LogP) is 2.00. The minimum Gasteiger partial charge on any atom is -0.348 e. The zero-order valence-electron chi connectivity index (χ0n) is 13.2. The molecule has 1 aliphatic rings. The third-order valence-electron chi connectivity index (χ3n) is 4.07. The maximum atomic E-state index is 12.5. The highest BCUT2D eigenvalue weighted by Gasteiger charge is 2.30. The fourth-order valence-electron chi connectivity index (χ4n) is 2.91. The molecule has 0 saturated carbocycles. The Hall–Kier alpha value is -1.86. The van der Waals surface area contributed by atoms with Gasteiger partial charge in [0.15, 0.2) is 9.84 Å². The van der Waals surface area contributed by atoms with E-state index in [2.05, 4.69) is 10.4 Å². The smallest absolute Gasteiger partial charge is 0.255 e. The quantitative estimate of drug-likeness (QED) is 0.896. The molecule has 2 aromatic rings. The topological polar surface area (TPSA) is 81.1 Å². The molecule has 2 heterocycles. The van der Waals surface area contributed by atoms with Gasteiger partial charge in [0.1, 0.15) is 0 Å². The summed E-state index contributed by atoms with van der Waals surface area (Å²) in [7, 11) is -3.03. The summed E-state index contributed by atoms with van der Waals surface area (Å²) in [5.74, 6) is -0.162. The van der Waals surface area contributed by atoms with Crippen molar-refractivity contribution in [1.82, 2.24) is 15.1 Å². The molecule has 1 aromatic carbocycles. The van der Waals surface area contributed by atoms with E-state index in [9.17, 15) is 13.2 Å². The van der Waals surface area contributed by atoms with Crippen LogP contribution in [0.5, 0.6) is 0 Å². The van der Waals surface area contributed by atoms with Crippen LogP contribution in [0.4, 0.5) is 0 Å². The van der Waals surface area contributed by atoms with Gasteiger partial charge in [0.25, 0.3) is 5.91 Å². The van der Waals surface area contributed by atoms with E-state index in [1.54, 1.807) is 16.8 Å². The van der Waals surface area contributed by atoms with Crippen LogP contribution in [-0.2, 0) is 16.3 Å². The van der Waals surface area contributed by atoms with Crippen LogP contribution in [0.1, 0.15) is 29.4 Å². The molecule has 6 nitrogen and oxygen atoms in total. The summed E-state index contributed by atoms with van der Waals surface area (Å²) >= 11 is 6.02. The van der Waals surface area contributed by atoms with Crippen LogP contribution in [0.2, 0.25) is 5.02 Å². The lowest BCUT2D eigenvalue weighted by Crippen LogP contribution is -2.35. The Bertz CT molecular complexity index is 876. The van der Waals surface area contributed by atoms with E-state index < -0.39 is 9.84 Å². The Morgan fingerprint density at radius 2 is 2.25 bits per heavy atom. The van der Waals surface area contributed by atoms with Gasteiger partial charge in [-0.3, -0.25) is 4.79 Å². The highest BCUT2D eigenvalue weighted by Crippen LogP contribution is 2.20. The van der Waals surface area contributed by atoms with Gasteiger partial charge < -0.3 is 5.32 Å². The van der Waals surface area contributed by atoms with E-state index in [4.69, 9.17) is 11.6 Å². The monoisotopic (exact) mass is 367 g/mol. The molecule has 0 spiro atoms. The van der Waals surface area contributed by atoms with Crippen LogP contribution in [0, 0.1) is 0 Å². The molecule has 24 heavy (non-hydrogen) atoms. The van der Waals surface area contributed by atoms with Crippen molar-refractivity contribution in [2.45, 2.75) is 25.8 Å². The molecule has 8 heteroatoms. The summed E-state index contributed by atoms with van der Waals surface area (Å²) in [6, 6.07) is 6.90. The molecule has 0 aliphatic carbocycles. The third kappa shape index (κ3) is 3.47. The summed E-state index contributed by atoms with van der Waals surface area (Å²) < 4.78 is 24.7. The number of carbonyl (C=O) groups excluding carboxylic acids is 1. The van der Waals surface area contributed by atoms with E-state index in [1.165, 1.54) is 6.20 Å². The number of hydrogen-bond acceptors (Lipinski definition) is 4. The van der Waals surface area contributed by atoms with Gasteiger partial charge in [-0.05, 0) is 31.0 Å². The first-order valence-electron chi connectivity index (χ1n) is 7.74. The van der Waals surface area contributed by atoms with Crippen LogP contribution in [0.3, 0.4) is 0 Å². The Labute approximate surface area is 145 Å². The number of sulfone groups is 1. The van der Waals surface area contributed by atoms with Crippen molar-refractivity contribution in [3.8, 4) is 5.69 Å². The largest absolute Gasteiger partial charge is 0.348 e. The Morgan fingerprint density at radius 1 is 1.46 bits per heavy atom. The number of amides is 1. The van der Waals surface area contributed by atoms with Crippen molar-refractivity contribution < 1.29 is 13.2 Å². The molecule has 1 N–H and O–H groups in total. The molecule has 128 valence electrons. The fourth-order valence-corrected chi connectivity index (χ4v) is 4.76. The average molecular weight is 368 g/mol. The van der Waals surface area contributed by atoms with Crippen LogP contribution in [0.25, 0.3) is 5.69 Å². The highest BCUT2D eigenvalue weighted by molar-refractivity contribution is 7.91. The Balaban J connectivity index is 1.85. The maximum absolute atomic E-state index is 12.5. The summed E-state index contributed by atoms with van der Waals surface area (Å²) in [5.41, 5.74) is 2.00. The lowest BCUT2D eigenvalue weighted by atomic mass is 10.1. The summed E-state index contributed by atoms with van der Waals surface area (Å²) in [4.78, 5) is 12.5. The van der Waals surface area contributed by atoms with Crippen molar-refractivity contribution in [2.24, 2.45) is 0 Å². The molecule has 1 unspecified atom stereocenters. The van der Waals surface area contributed by atoms with Gasteiger partial charge in [-0.2, -0.15) is 5.10 Å². The van der Waals surface area contributed by atoms with E-state index >= 15 is 0 Å². The number of benzene rings is 1. The van der Waals surface area contributed by atoms with Gasteiger partial charge in [-0.25, -0.2) is 13.1 Å². The average Bonchev–Trinajstić information content (AvgIpc) is 3.10. The van der Waals surface area contributed by atoms with Gasteiger partial charge in [-0.15, -0.1) is 0 Å². The lowest BCUT2D eigenvalue weighted by Gasteiger charge is -2.12. The SMILES string of the molecule is CCc1c(C(=O)NC2CCS(=O)(=O)C2)cnn1-c1cccc(Cl)c1. The standard InChI is InChI=1S/C16H18ClN3O3S/c1-2-15-14(16(21)19-12-6-7-24(22,23)10-12)9-18-20(15)13-5-3-4-11(17)8-13/h3-5,8-9,12H,2,6-7,10H2,1H3,(H,19,21). The second kappa shape index (κ2) is 6.57. The second-order valence-corrected chi connectivity index (χ2v) is 8.49. The number of aromatic nitrogens is 2. The second-order valence-electron chi connectivity index (χ2n) is 5.82. The zero-order chi connectivity index (χ0) is 17.3. The molecule has 1 fully saturated rings. The predicted molar refractivity (Wildman–Crippen MR) is 92.5 cm³/mol. The van der Waals surface area contributed by atoms with Crippen LogP contribution in [-0.4, -0.2) is 41.7 Å². The van der Waals surface area contributed by atoms with Crippen molar-refractivity contribution in [3.63, 3.8) is 0 Å². The molecule has 1 aliphatic heterocycles. The lowest BCUT2D eigenvalue weighted by molar-refractivity contribution is 0.0940. The molecule has 1 atom stereocenters. The fraction of sp³-hybridized carbons (Fsp3) is 0.375. The first kappa shape index (κ1) is 17.0. The molecule has 1 saturated heterocycles. The number of nitrogens with zero attached hydrogens (tertiary/aromatic N) is 2. The van der Waals surface area contributed by atoms with Gasteiger partial charge in [-0.1, -0.05) is 24.6 Å². The van der Waals surface area contributed by atoms with E-state index in [0.717, 1.165) is 11.4 Å². The zero-order valence-corrected chi connectivity index (χ0v) is 14.8. The number of nitrogens with one attached hydrogen (secondary N) is 1. The van der Waals surface area contributed by atoms with Crippen molar-refractivity contribution >= 4 is 27.3 Å². The molecule has 0 bridgehead atoms. The highest BCUT2D eigenvalue weighted by atomic mass is 35.5. The molecule has 0 radical (unpaired) electrons. The number of hydrogen-bond donors (Lipinski definition) is 1. The summed E-state index contributed by atoms with van der Waals surface area (Å²) in [6.45, 7) is 1.94. The van der Waals surface area contributed by atoms with Crippen molar-refractivity contribution in [2.75, 3.05) is 11.5 Å². The van der Waals surface area contributed by atoms with Crippen molar-refractivity contribution in [3.05, 3.63) is 46.7 Å². The molecular formula is C16H18ClN3O3S. The molecule has 1 aromatic heterocycles. The Kier molecular flexibility index (Phi) is 4.64. The maximum Gasteiger partial charge on any atom is 0.255 e. The van der Waals surface area contributed by atoms with Crippen LogP contribution >= 0.6 is 11.6 Å². The normalized spacial score (nSPS) is 19.3. The molecular weight excluding hydrogens is 350 g/mol. The number of rotatable bonds is 4. The van der Waals surface area contributed by atoms with Gasteiger partial charge in [0.2, 0.25) is 0 Å². The summed E-state index contributed by atoms with van der Waals surface area (Å²) in [5, 5.41) is 7.70. The third-order valence-corrected chi connectivity index (χ3v) is 6.07. The van der Waals surface area contributed by atoms with Crippen LogP contribution < -0.4 is 5.32 Å². The van der Waals surface area contributed by atoms with Gasteiger partial charge in [0, 0.05) is 11.1 Å². The molecule has 3 rings (SSSR count). The van der Waals surface area contributed by atoms with E-state index in [0.29, 0.717) is 23.4 Å². The summed E-state index contributed by atoms with van der Waals surface area (Å²) in [6.07, 6.45) is 2.58. The van der Waals surface area contributed by atoms with E-state index in [-0.39, 0.29) is 23.5 Å². The first-order chi connectivity index (χ1) is 11.4. The minimum absolute atomic E-state index is 0.00261. The first-order valence-corrected chi connectivity index (χ1v) is 9.93. The van der Waals surface area contributed by atoms with Crippen molar-refractivity contribution in [1.29, 1.82) is 0 Å².